The Morgan fingerprint density at radius 2 is 2.14 bits per heavy atom. The molecular weight excluding hydrogens is 179 g/mol. The molecule has 0 unspecified atom stereocenters. The highest BCUT2D eigenvalue weighted by atomic mass is 19.1. The number of likely N-dealkylation sites (N-methyl/N-ethyl adjacent to an activating group) is 1. The summed E-state index contributed by atoms with van der Waals surface area (Å²) in [5.74, 6) is -0.195. The first kappa shape index (κ1) is 11.1. The first-order valence-corrected chi connectivity index (χ1v) is 4.72. The molecule has 0 fully saturated rings. The highest BCUT2D eigenvalue weighted by Gasteiger charge is 2.05. The first-order valence-electron chi connectivity index (χ1n) is 4.72. The molecule has 78 valence electrons. The molecule has 0 saturated carbocycles. The van der Waals surface area contributed by atoms with Gasteiger partial charge in [0, 0.05) is 12.6 Å². The summed E-state index contributed by atoms with van der Waals surface area (Å²) in [5, 5.41) is 0. The van der Waals surface area contributed by atoms with Crippen molar-refractivity contribution in [1.29, 1.82) is 0 Å². The van der Waals surface area contributed by atoms with E-state index < -0.39 is 0 Å². The molecule has 1 atom stereocenters. The van der Waals surface area contributed by atoms with E-state index in [4.69, 9.17) is 5.73 Å². The summed E-state index contributed by atoms with van der Waals surface area (Å²) < 4.78 is 12.8. The second-order valence-corrected chi connectivity index (χ2v) is 3.86. The topological polar surface area (TPSA) is 29.3 Å². The molecule has 0 bridgehead atoms. The third-order valence-corrected chi connectivity index (χ3v) is 1.99. The van der Waals surface area contributed by atoms with Gasteiger partial charge in [-0.15, -0.1) is 0 Å². The van der Waals surface area contributed by atoms with Gasteiger partial charge in [0.15, 0.2) is 0 Å². The summed E-state index contributed by atoms with van der Waals surface area (Å²) in [6, 6.07) is 6.66. The minimum atomic E-state index is -0.195. The molecule has 0 aliphatic rings. The maximum atomic E-state index is 12.8. The number of nitrogens with two attached hydrogens (primary N) is 1. The number of nitrogens with zero attached hydrogens (tertiary/aromatic N) is 1. The molecule has 0 aliphatic carbocycles. The van der Waals surface area contributed by atoms with Crippen LogP contribution < -0.4 is 5.73 Å². The molecule has 3 heteroatoms. The van der Waals surface area contributed by atoms with E-state index in [9.17, 15) is 4.39 Å². The molecule has 0 heterocycles. The van der Waals surface area contributed by atoms with Crippen molar-refractivity contribution in [1.82, 2.24) is 4.90 Å². The average Bonchev–Trinajstić information content (AvgIpc) is 2.01. The molecule has 1 aromatic rings. The van der Waals surface area contributed by atoms with E-state index in [1.807, 2.05) is 25.1 Å². The SMILES string of the molecule is CN(C)C[C@@H](N)Cc1cccc(F)c1. The van der Waals surface area contributed by atoms with Crippen LogP contribution >= 0.6 is 0 Å². The van der Waals surface area contributed by atoms with Gasteiger partial charge in [-0.05, 0) is 38.2 Å². The van der Waals surface area contributed by atoms with E-state index in [0.717, 1.165) is 18.5 Å². The lowest BCUT2D eigenvalue weighted by Gasteiger charge is -2.16. The highest BCUT2D eigenvalue weighted by molar-refractivity contribution is 5.17. The highest BCUT2D eigenvalue weighted by Crippen LogP contribution is 2.05. The van der Waals surface area contributed by atoms with Crippen LogP contribution in [-0.2, 0) is 6.42 Å². The van der Waals surface area contributed by atoms with Gasteiger partial charge < -0.3 is 10.6 Å². The van der Waals surface area contributed by atoms with Crippen LogP contribution in [0.2, 0.25) is 0 Å². The minimum Gasteiger partial charge on any atom is -0.326 e. The van der Waals surface area contributed by atoms with Crippen LogP contribution in [0.4, 0.5) is 4.39 Å². The number of rotatable bonds is 4. The van der Waals surface area contributed by atoms with Gasteiger partial charge in [0.2, 0.25) is 0 Å². The van der Waals surface area contributed by atoms with E-state index in [1.54, 1.807) is 6.07 Å². The summed E-state index contributed by atoms with van der Waals surface area (Å²) in [4.78, 5) is 2.03. The zero-order chi connectivity index (χ0) is 10.6. The first-order chi connectivity index (χ1) is 6.58. The van der Waals surface area contributed by atoms with Crippen molar-refractivity contribution in [3.8, 4) is 0 Å². The van der Waals surface area contributed by atoms with Crippen LogP contribution in [0, 0.1) is 5.82 Å². The van der Waals surface area contributed by atoms with Crippen LogP contribution in [0.3, 0.4) is 0 Å². The van der Waals surface area contributed by atoms with E-state index >= 15 is 0 Å². The summed E-state index contributed by atoms with van der Waals surface area (Å²) in [7, 11) is 3.96. The molecule has 0 aliphatic heterocycles. The van der Waals surface area contributed by atoms with Gasteiger partial charge in [-0.1, -0.05) is 12.1 Å². The number of benzene rings is 1. The Hall–Kier alpha value is -0.930. The fourth-order valence-electron chi connectivity index (χ4n) is 1.50. The third kappa shape index (κ3) is 3.85. The van der Waals surface area contributed by atoms with E-state index in [2.05, 4.69) is 0 Å². The zero-order valence-electron chi connectivity index (χ0n) is 8.70. The van der Waals surface area contributed by atoms with E-state index in [0.29, 0.717) is 0 Å². The molecule has 0 aromatic heterocycles. The maximum absolute atomic E-state index is 12.8. The minimum absolute atomic E-state index is 0.0619. The summed E-state index contributed by atoms with van der Waals surface area (Å²) in [5.41, 5.74) is 6.85. The summed E-state index contributed by atoms with van der Waals surface area (Å²) in [6.07, 6.45) is 0.718. The monoisotopic (exact) mass is 196 g/mol. The van der Waals surface area contributed by atoms with Gasteiger partial charge in [-0.25, -0.2) is 4.39 Å². The number of halogens is 1. The van der Waals surface area contributed by atoms with Gasteiger partial charge in [-0.2, -0.15) is 0 Å². The number of hydrogen-bond donors (Lipinski definition) is 1. The summed E-state index contributed by atoms with van der Waals surface area (Å²) >= 11 is 0. The van der Waals surface area contributed by atoms with E-state index in [-0.39, 0.29) is 11.9 Å². The molecule has 2 nitrogen and oxygen atoms in total. The Balaban J connectivity index is 2.51. The van der Waals surface area contributed by atoms with E-state index in [1.165, 1.54) is 12.1 Å². The quantitative estimate of drug-likeness (QED) is 0.785. The van der Waals surface area contributed by atoms with Gasteiger partial charge >= 0.3 is 0 Å². The molecule has 0 saturated heterocycles. The fraction of sp³-hybridized carbons (Fsp3) is 0.455. The lowest BCUT2D eigenvalue weighted by Crippen LogP contribution is -2.34. The molecular formula is C11H17FN2. The molecule has 2 N–H and O–H groups in total. The van der Waals surface area contributed by atoms with Crippen LogP contribution in [0.1, 0.15) is 5.56 Å². The second-order valence-electron chi connectivity index (χ2n) is 3.86. The lowest BCUT2D eigenvalue weighted by molar-refractivity contribution is 0.371. The predicted octanol–water partition coefficient (Wildman–Crippen LogP) is 1.26. The molecule has 14 heavy (non-hydrogen) atoms. The Kier molecular flexibility index (Phi) is 4.04. The third-order valence-electron chi connectivity index (χ3n) is 1.99. The average molecular weight is 196 g/mol. The van der Waals surface area contributed by atoms with Crippen LogP contribution in [-0.4, -0.2) is 31.6 Å². The number of hydrogen-bond acceptors (Lipinski definition) is 2. The van der Waals surface area contributed by atoms with Crippen LogP contribution in [0.15, 0.2) is 24.3 Å². The summed E-state index contributed by atoms with van der Waals surface area (Å²) in [6.45, 7) is 0.816. The Labute approximate surface area is 84.5 Å². The Bertz CT molecular complexity index is 286. The Morgan fingerprint density at radius 1 is 1.43 bits per heavy atom. The lowest BCUT2D eigenvalue weighted by atomic mass is 10.1. The molecule has 0 spiro atoms. The molecule has 1 rings (SSSR count). The van der Waals surface area contributed by atoms with Gasteiger partial charge in [0.25, 0.3) is 0 Å². The van der Waals surface area contributed by atoms with Crippen molar-refractivity contribution < 1.29 is 4.39 Å². The largest absolute Gasteiger partial charge is 0.326 e. The van der Waals surface area contributed by atoms with Gasteiger partial charge in [-0.3, -0.25) is 0 Å². The normalized spacial score (nSPS) is 13.2. The molecule has 0 radical (unpaired) electrons. The fourth-order valence-corrected chi connectivity index (χ4v) is 1.50. The smallest absolute Gasteiger partial charge is 0.123 e. The van der Waals surface area contributed by atoms with Crippen LogP contribution in [0.25, 0.3) is 0 Å². The predicted molar refractivity (Wildman–Crippen MR) is 56.6 cm³/mol. The molecule has 0 amide bonds. The maximum Gasteiger partial charge on any atom is 0.123 e. The van der Waals surface area contributed by atoms with Crippen LogP contribution in [0.5, 0.6) is 0 Å². The van der Waals surface area contributed by atoms with Crippen molar-refractivity contribution in [2.45, 2.75) is 12.5 Å². The van der Waals surface area contributed by atoms with Crippen molar-refractivity contribution in [2.75, 3.05) is 20.6 Å². The second kappa shape index (κ2) is 5.08. The Morgan fingerprint density at radius 3 is 2.71 bits per heavy atom. The molecule has 1 aromatic carbocycles. The van der Waals surface area contributed by atoms with Crippen molar-refractivity contribution in [3.63, 3.8) is 0 Å². The zero-order valence-corrected chi connectivity index (χ0v) is 8.70. The standard InChI is InChI=1S/C11H17FN2/c1-14(2)8-11(13)7-9-4-3-5-10(12)6-9/h3-6,11H,7-8,13H2,1-2H3/t11-/m0/s1. The van der Waals surface area contributed by atoms with Gasteiger partial charge in [0.1, 0.15) is 5.82 Å². The van der Waals surface area contributed by atoms with Crippen molar-refractivity contribution in [2.24, 2.45) is 5.73 Å². The van der Waals surface area contributed by atoms with Crippen molar-refractivity contribution >= 4 is 0 Å². The van der Waals surface area contributed by atoms with Gasteiger partial charge in [0.05, 0.1) is 0 Å². The van der Waals surface area contributed by atoms with Crippen molar-refractivity contribution in [3.05, 3.63) is 35.6 Å².